The molecule has 1 N–H and O–H groups in total. The minimum Gasteiger partial charge on any atom is -0.278 e. The van der Waals surface area contributed by atoms with Gasteiger partial charge in [-0.15, -0.1) is 0 Å². The van der Waals surface area contributed by atoms with Crippen LogP contribution in [0, 0.1) is 5.92 Å². The van der Waals surface area contributed by atoms with Crippen LogP contribution in [0.5, 0.6) is 0 Å². The molecule has 1 aliphatic carbocycles. The highest BCUT2D eigenvalue weighted by molar-refractivity contribution is 5.87. The Bertz CT molecular complexity index is 547. The van der Waals surface area contributed by atoms with Crippen molar-refractivity contribution in [3.63, 3.8) is 0 Å². The molecule has 0 spiro atoms. The fourth-order valence-electron chi connectivity index (χ4n) is 2.35. The monoisotopic (exact) mass is 198 g/mol. The lowest BCUT2D eigenvalue weighted by atomic mass is 9.96. The van der Waals surface area contributed by atoms with Crippen LogP contribution in [0.1, 0.15) is 25.0 Å². The number of H-pyrrole nitrogens is 1. The highest BCUT2D eigenvalue weighted by Gasteiger charge is 2.17. The van der Waals surface area contributed by atoms with E-state index in [-0.39, 0.29) is 0 Å². The van der Waals surface area contributed by atoms with Gasteiger partial charge >= 0.3 is 0 Å². The van der Waals surface area contributed by atoms with Gasteiger partial charge in [0.2, 0.25) is 0 Å². The summed E-state index contributed by atoms with van der Waals surface area (Å²) in [5, 5.41) is 8.31. The summed E-state index contributed by atoms with van der Waals surface area (Å²) in [5.41, 5.74) is 5.46. The number of aromatic nitrogens is 2. The molecule has 2 nitrogen and oxygen atoms in total. The molecule has 2 heteroatoms. The van der Waals surface area contributed by atoms with Crippen molar-refractivity contribution in [2.75, 3.05) is 0 Å². The van der Waals surface area contributed by atoms with E-state index in [1.54, 1.807) is 0 Å². The first-order valence-electron chi connectivity index (χ1n) is 5.42. The molecule has 3 rings (SSSR count). The molecule has 0 unspecified atom stereocenters. The number of nitrogens with zero attached hydrogens (tertiary/aromatic N) is 1. The predicted octanol–water partition coefficient (Wildman–Crippen LogP) is 3.16. The van der Waals surface area contributed by atoms with Crippen LogP contribution in [0.2, 0.25) is 0 Å². The van der Waals surface area contributed by atoms with Crippen molar-refractivity contribution in [1.29, 1.82) is 0 Å². The van der Waals surface area contributed by atoms with Gasteiger partial charge in [0.25, 0.3) is 0 Å². The van der Waals surface area contributed by atoms with E-state index >= 15 is 0 Å². The van der Waals surface area contributed by atoms with E-state index in [1.165, 1.54) is 22.1 Å². The van der Waals surface area contributed by atoms with Crippen LogP contribution in [-0.2, 0) is 6.42 Å². The van der Waals surface area contributed by atoms with Crippen LogP contribution in [0.4, 0.5) is 0 Å². The second-order valence-corrected chi connectivity index (χ2v) is 4.48. The van der Waals surface area contributed by atoms with Crippen molar-refractivity contribution in [1.82, 2.24) is 10.2 Å². The summed E-state index contributed by atoms with van der Waals surface area (Å²) >= 11 is 0. The second-order valence-electron chi connectivity index (χ2n) is 4.48. The number of hydrogen-bond acceptors (Lipinski definition) is 1. The van der Waals surface area contributed by atoms with Crippen LogP contribution >= 0.6 is 0 Å². The van der Waals surface area contributed by atoms with E-state index in [4.69, 9.17) is 0 Å². The van der Waals surface area contributed by atoms with Gasteiger partial charge in [-0.1, -0.05) is 19.9 Å². The minimum atomic E-state index is 0.603. The Kier molecular flexibility index (Phi) is 1.72. The third kappa shape index (κ3) is 1.21. The number of allylic oxidation sites excluding steroid dienone is 2. The maximum atomic E-state index is 4.07. The lowest BCUT2D eigenvalue weighted by molar-refractivity contribution is 0.857. The van der Waals surface area contributed by atoms with E-state index in [1.807, 2.05) is 6.20 Å². The molecule has 1 heterocycles. The first kappa shape index (κ1) is 8.72. The molecule has 0 saturated heterocycles. The summed E-state index contributed by atoms with van der Waals surface area (Å²) in [6.07, 6.45) is 5.31. The third-order valence-electron chi connectivity index (χ3n) is 3.14. The highest BCUT2D eigenvalue weighted by Crippen LogP contribution is 2.34. The molecule has 0 atom stereocenters. The lowest BCUT2D eigenvalue weighted by Gasteiger charge is -2.09. The maximum absolute atomic E-state index is 4.07. The Labute approximate surface area is 89.0 Å². The topological polar surface area (TPSA) is 28.7 Å². The van der Waals surface area contributed by atoms with Gasteiger partial charge in [0, 0.05) is 5.39 Å². The van der Waals surface area contributed by atoms with Gasteiger partial charge in [-0.25, -0.2) is 0 Å². The molecule has 0 aliphatic heterocycles. The molecule has 1 aromatic carbocycles. The van der Waals surface area contributed by atoms with Crippen molar-refractivity contribution < 1.29 is 0 Å². The Morgan fingerprint density at radius 1 is 1.33 bits per heavy atom. The number of hydrogen-bond donors (Lipinski definition) is 1. The van der Waals surface area contributed by atoms with E-state index in [2.05, 4.69) is 42.3 Å². The Balaban J connectivity index is 2.23. The quantitative estimate of drug-likeness (QED) is 0.749. The summed E-state index contributed by atoms with van der Waals surface area (Å²) in [7, 11) is 0. The standard InChI is InChI=1S/C13H14N2/c1-8(2)11-4-3-9-5-10-7-14-15-13(10)6-12(9)11/h4-8H,3H2,1-2H3,(H,14,15). The van der Waals surface area contributed by atoms with E-state index in [0.29, 0.717) is 5.92 Å². The summed E-state index contributed by atoms with van der Waals surface area (Å²) in [5.74, 6) is 0.603. The largest absolute Gasteiger partial charge is 0.278 e. The van der Waals surface area contributed by atoms with E-state index in [9.17, 15) is 0 Å². The molecule has 15 heavy (non-hydrogen) atoms. The van der Waals surface area contributed by atoms with Crippen LogP contribution in [-0.4, -0.2) is 10.2 Å². The first-order chi connectivity index (χ1) is 7.25. The van der Waals surface area contributed by atoms with Crippen LogP contribution in [0.25, 0.3) is 16.5 Å². The molecule has 2 aromatic rings. The first-order valence-corrected chi connectivity index (χ1v) is 5.42. The van der Waals surface area contributed by atoms with Crippen molar-refractivity contribution in [3.05, 3.63) is 35.5 Å². The summed E-state index contributed by atoms with van der Waals surface area (Å²) in [6, 6.07) is 4.48. The molecule has 0 saturated carbocycles. The van der Waals surface area contributed by atoms with Gasteiger partial charge in [-0.2, -0.15) is 5.10 Å². The number of rotatable bonds is 1. The third-order valence-corrected chi connectivity index (χ3v) is 3.14. The van der Waals surface area contributed by atoms with Crippen molar-refractivity contribution in [3.8, 4) is 0 Å². The average molecular weight is 198 g/mol. The van der Waals surface area contributed by atoms with E-state index in [0.717, 1.165) is 11.9 Å². The van der Waals surface area contributed by atoms with Crippen molar-refractivity contribution >= 4 is 16.5 Å². The Hall–Kier alpha value is -1.57. The fourth-order valence-corrected chi connectivity index (χ4v) is 2.35. The van der Waals surface area contributed by atoms with Gasteiger partial charge in [0.15, 0.2) is 0 Å². The number of aromatic amines is 1. The van der Waals surface area contributed by atoms with Gasteiger partial charge in [-0.3, -0.25) is 5.10 Å². The zero-order valence-corrected chi connectivity index (χ0v) is 9.04. The van der Waals surface area contributed by atoms with Gasteiger partial charge in [0.05, 0.1) is 11.7 Å². The summed E-state index contributed by atoms with van der Waals surface area (Å²) in [6.45, 7) is 4.50. The average Bonchev–Trinajstić information content (AvgIpc) is 2.77. The van der Waals surface area contributed by atoms with Gasteiger partial charge in [-0.05, 0) is 41.2 Å². The lowest BCUT2D eigenvalue weighted by Crippen LogP contribution is -1.91. The maximum Gasteiger partial charge on any atom is 0.0656 e. The summed E-state index contributed by atoms with van der Waals surface area (Å²) in [4.78, 5) is 0. The SMILES string of the molecule is CC(C)C1=CCc2cc3cn[nH]c3cc21. The smallest absolute Gasteiger partial charge is 0.0656 e. The number of fused-ring (bicyclic) bond motifs is 2. The molecular formula is C13H14N2. The number of benzene rings is 1. The van der Waals surface area contributed by atoms with Crippen LogP contribution in [0.3, 0.4) is 0 Å². The van der Waals surface area contributed by atoms with Crippen LogP contribution < -0.4 is 0 Å². The molecule has 0 bridgehead atoms. The zero-order chi connectivity index (χ0) is 10.4. The molecule has 1 aliphatic rings. The zero-order valence-electron chi connectivity index (χ0n) is 9.04. The Morgan fingerprint density at radius 2 is 2.20 bits per heavy atom. The second kappa shape index (κ2) is 2.96. The normalized spacial score (nSPS) is 14.7. The van der Waals surface area contributed by atoms with E-state index < -0.39 is 0 Å². The molecular weight excluding hydrogens is 184 g/mol. The predicted molar refractivity (Wildman–Crippen MR) is 62.6 cm³/mol. The fraction of sp³-hybridized carbons (Fsp3) is 0.308. The van der Waals surface area contributed by atoms with Gasteiger partial charge < -0.3 is 0 Å². The Morgan fingerprint density at radius 3 is 3.00 bits per heavy atom. The summed E-state index contributed by atoms with van der Waals surface area (Å²) < 4.78 is 0. The van der Waals surface area contributed by atoms with Gasteiger partial charge in [0.1, 0.15) is 0 Å². The van der Waals surface area contributed by atoms with Crippen molar-refractivity contribution in [2.24, 2.45) is 5.92 Å². The molecule has 1 aromatic heterocycles. The molecule has 0 radical (unpaired) electrons. The number of nitrogens with one attached hydrogen (secondary N) is 1. The molecule has 0 amide bonds. The minimum absolute atomic E-state index is 0.603. The highest BCUT2D eigenvalue weighted by atomic mass is 15.1. The van der Waals surface area contributed by atoms with Crippen LogP contribution in [0.15, 0.2) is 24.4 Å². The molecule has 76 valence electrons. The van der Waals surface area contributed by atoms with Crippen molar-refractivity contribution in [2.45, 2.75) is 20.3 Å². The molecule has 0 fully saturated rings.